The van der Waals surface area contributed by atoms with Crippen LogP contribution in [0.15, 0.2) is 0 Å². The molecule has 5 heteroatoms. The van der Waals surface area contributed by atoms with Crippen molar-refractivity contribution in [1.82, 2.24) is 0 Å². The Labute approximate surface area is 81.4 Å². The van der Waals surface area contributed by atoms with Gasteiger partial charge in [-0.3, -0.25) is 4.79 Å². The first-order valence-corrected chi connectivity index (χ1v) is 10.8. The molecule has 1 aliphatic rings. The van der Waals surface area contributed by atoms with E-state index in [1.165, 1.54) is 0 Å². The Kier molecular flexibility index (Phi) is 2.71. The highest BCUT2D eigenvalue weighted by Crippen LogP contribution is 2.38. The van der Waals surface area contributed by atoms with Crippen molar-refractivity contribution in [3.05, 3.63) is 0 Å². The first-order chi connectivity index (χ1) is 5.75. The van der Waals surface area contributed by atoms with Crippen LogP contribution in [0.25, 0.3) is 0 Å². The van der Waals surface area contributed by atoms with E-state index in [1.54, 1.807) is 0 Å². The molecule has 1 heterocycles. The van der Waals surface area contributed by atoms with Crippen LogP contribution in [-0.4, -0.2) is 27.7 Å². The maximum absolute atomic E-state index is 11.0. The Balaban J connectivity index is 2.79. The molecule has 13 heavy (non-hydrogen) atoms. The molecule has 1 atom stereocenters. The molecular formula is C8H18O3Si2. The summed E-state index contributed by atoms with van der Waals surface area (Å²) in [6.45, 7) is 8.42. The summed E-state index contributed by atoms with van der Waals surface area (Å²) in [5, 5.41) is 9.01. The van der Waals surface area contributed by atoms with Crippen LogP contribution in [0.5, 0.6) is 0 Å². The minimum absolute atomic E-state index is 0.201. The average Bonchev–Trinajstić information content (AvgIpc) is 1.79. The van der Waals surface area contributed by atoms with Gasteiger partial charge in [0.1, 0.15) is 0 Å². The van der Waals surface area contributed by atoms with Crippen molar-refractivity contribution in [2.24, 2.45) is 0 Å². The summed E-state index contributed by atoms with van der Waals surface area (Å²) in [7, 11) is -3.47. The van der Waals surface area contributed by atoms with Crippen LogP contribution in [0.4, 0.5) is 0 Å². The van der Waals surface area contributed by atoms with E-state index in [2.05, 4.69) is 13.1 Å². The fourth-order valence-electron chi connectivity index (χ4n) is 2.09. The summed E-state index contributed by atoms with van der Waals surface area (Å²) in [6.07, 6.45) is 0.827. The predicted molar refractivity (Wildman–Crippen MR) is 56.9 cm³/mol. The van der Waals surface area contributed by atoms with Crippen molar-refractivity contribution in [2.45, 2.75) is 44.2 Å². The fraction of sp³-hybridized carbons (Fsp3) is 0.875. The van der Waals surface area contributed by atoms with Crippen molar-refractivity contribution in [3.63, 3.8) is 0 Å². The van der Waals surface area contributed by atoms with E-state index in [0.717, 1.165) is 12.5 Å². The number of aliphatic carboxylic acids is 1. The Morgan fingerprint density at radius 2 is 1.92 bits per heavy atom. The van der Waals surface area contributed by atoms with E-state index in [0.29, 0.717) is 0 Å². The van der Waals surface area contributed by atoms with E-state index in [-0.39, 0.29) is 5.54 Å². The summed E-state index contributed by atoms with van der Waals surface area (Å²) in [5.41, 5.74) is -0.201. The molecule has 0 saturated carbocycles. The molecule has 3 nitrogen and oxygen atoms in total. The van der Waals surface area contributed by atoms with Crippen molar-refractivity contribution in [3.8, 4) is 0 Å². The number of rotatable bonds is 1. The maximum Gasteiger partial charge on any atom is 0.306 e. The first-order valence-electron chi connectivity index (χ1n) is 4.68. The SMILES string of the molecule is C[Si]1(C)CCC(C(=O)O)[Si](C)(C)O1. The molecule has 0 aromatic heterocycles. The van der Waals surface area contributed by atoms with Gasteiger partial charge in [0.05, 0.1) is 5.54 Å². The summed E-state index contributed by atoms with van der Waals surface area (Å²) < 4.78 is 6.03. The molecule has 1 unspecified atom stereocenters. The van der Waals surface area contributed by atoms with Gasteiger partial charge in [0.25, 0.3) is 0 Å². The van der Waals surface area contributed by atoms with E-state index < -0.39 is 22.6 Å². The zero-order valence-corrected chi connectivity index (χ0v) is 10.8. The van der Waals surface area contributed by atoms with E-state index >= 15 is 0 Å². The van der Waals surface area contributed by atoms with E-state index in [4.69, 9.17) is 9.22 Å². The van der Waals surface area contributed by atoms with Crippen LogP contribution in [-0.2, 0) is 8.91 Å². The second kappa shape index (κ2) is 3.22. The van der Waals surface area contributed by atoms with Crippen LogP contribution < -0.4 is 0 Å². The second-order valence-corrected chi connectivity index (χ2v) is 13.6. The Morgan fingerprint density at radius 1 is 1.38 bits per heavy atom. The highest BCUT2D eigenvalue weighted by Gasteiger charge is 2.47. The highest BCUT2D eigenvalue weighted by molar-refractivity contribution is 6.88. The lowest BCUT2D eigenvalue weighted by Gasteiger charge is -2.42. The summed E-state index contributed by atoms with van der Waals surface area (Å²) >= 11 is 0. The minimum atomic E-state index is -1.96. The third-order valence-electron chi connectivity index (χ3n) is 2.71. The molecule has 0 amide bonds. The smallest absolute Gasteiger partial charge is 0.306 e. The Hall–Kier alpha value is -0.136. The zero-order valence-electron chi connectivity index (χ0n) is 8.76. The lowest BCUT2D eigenvalue weighted by atomic mass is 10.3. The van der Waals surface area contributed by atoms with Crippen molar-refractivity contribution < 1.29 is 14.0 Å². The standard InChI is InChI=1S/C8H18O3Si2/c1-12(2)6-5-7(8(9)10)13(3,4)11-12/h7H,5-6H2,1-4H3,(H,9,10). The van der Waals surface area contributed by atoms with Crippen molar-refractivity contribution in [1.29, 1.82) is 0 Å². The molecule has 1 rings (SSSR count). The summed E-state index contributed by atoms with van der Waals surface area (Å²) in [5.74, 6) is -0.666. The molecule has 1 fully saturated rings. The number of carboxylic acid groups (broad SMARTS) is 1. The van der Waals surface area contributed by atoms with Crippen LogP contribution >= 0.6 is 0 Å². The van der Waals surface area contributed by atoms with Gasteiger partial charge in [0.15, 0.2) is 16.6 Å². The molecule has 76 valence electrons. The highest BCUT2D eigenvalue weighted by atomic mass is 28.4. The molecule has 1 saturated heterocycles. The summed E-state index contributed by atoms with van der Waals surface area (Å²) in [4.78, 5) is 11.0. The van der Waals surface area contributed by atoms with Gasteiger partial charge in [-0.25, -0.2) is 0 Å². The fourth-order valence-corrected chi connectivity index (χ4v) is 11.5. The lowest BCUT2D eigenvalue weighted by molar-refractivity contribution is -0.137. The molecule has 0 aliphatic carbocycles. The summed E-state index contributed by atoms with van der Waals surface area (Å²) in [6, 6.07) is 0.987. The molecule has 1 aliphatic heterocycles. The van der Waals surface area contributed by atoms with E-state index in [9.17, 15) is 4.79 Å². The van der Waals surface area contributed by atoms with Crippen LogP contribution in [0, 0.1) is 0 Å². The third kappa shape index (κ3) is 2.41. The van der Waals surface area contributed by atoms with Crippen molar-refractivity contribution >= 4 is 22.6 Å². The van der Waals surface area contributed by atoms with Gasteiger partial charge in [0, 0.05) is 0 Å². The third-order valence-corrected chi connectivity index (χ3v) is 10.7. The van der Waals surface area contributed by atoms with Gasteiger partial charge >= 0.3 is 5.97 Å². The van der Waals surface area contributed by atoms with Crippen LogP contribution in [0.3, 0.4) is 0 Å². The topological polar surface area (TPSA) is 46.5 Å². The van der Waals surface area contributed by atoms with Crippen LogP contribution in [0.2, 0.25) is 37.8 Å². The van der Waals surface area contributed by atoms with Gasteiger partial charge in [-0.05, 0) is 38.7 Å². The first kappa shape index (κ1) is 10.9. The van der Waals surface area contributed by atoms with Crippen LogP contribution in [0.1, 0.15) is 6.42 Å². The maximum atomic E-state index is 11.0. The molecule has 0 radical (unpaired) electrons. The molecule has 0 spiro atoms. The average molecular weight is 218 g/mol. The molecule has 1 N–H and O–H groups in total. The van der Waals surface area contributed by atoms with Gasteiger partial charge < -0.3 is 9.22 Å². The molecule has 0 bridgehead atoms. The molecular weight excluding hydrogens is 200 g/mol. The predicted octanol–water partition coefficient (Wildman–Crippen LogP) is 2.27. The lowest BCUT2D eigenvalue weighted by Crippen LogP contribution is -2.53. The van der Waals surface area contributed by atoms with Gasteiger partial charge in [0.2, 0.25) is 0 Å². The van der Waals surface area contributed by atoms with Gasteiger partial charge in [-0.15, -0.1) is 0 Å². The number of carboxylic acids is 1. The Morgan fingerprint density at radius 3 is 2.31 bits per heavy atom. The second-order valence-electron chi connectivity index (χ2n) is 4.89. The van der Waals surface area contributed by atoms with Gasteiger partial charge in [-0.2, -0.15) is 0 Å². The number of hydrogen-bond donors (Lipinski definition) is 1. The molecule has 0 aromatic carbocycles. The monoisotopic (exact) mass is 218 g/mol. The Bertz CT molecular complexity index is 225. The number of hydrogen-bond acceptors (Lipinski definition) is 2. The normalized spacial score (nSPS) is 31.2. The largest absolute Gasteiger partial charge is 0.481 e. The van der Waals surface area contributed by atoms with E-state index in [1.807, 2.05) is 13.1 Å². The minimum Gasteiger partial charge on any atom is -0.481 e. The number of carbonyl (C=O) groups is 1. The quantitative estimate of drug-likeness (QED) is 0.687. The van der Waals surface area contributed by atoms with Crippen molar-refractivity contribution in [2.75, 3.05) is 0 Å². The zero-order chi connectivity index (χ0) is 10.3. The molecule has 0 aromatic rings. The van der Waals surface area contributed by atoms with Gasteiger partial charge in [-0.1, -0.05) is 0 Å².